The Kier molecular flexibility index (Phi) is 3.87. The van der Waals surface area contributed by atoms with Crippen molar-refractivity contribution in [2.75, 3.05) is 0 Å². The molecule has 2 saturated carbocycles. The fourth-order valence-electron chi connectivity index (χ4n) is 3.52. The van der Waals surface area contributed by atoms with Gasteiger partial charge in [0.1, 0.15) is 0 Å². The predicted molar refractivity (Wildman–Crippen MR) is 95.4 cm³/mol. The van der Waals surface area contributed by atoms with Crippen LogP contribution in [0.5, 0.6) is 0 Å². The summed E-state index contributed by atoms with van der Waals surface area (Å²) in [4.78, 5) is 27.6. The van der Waals surface area contributed by atoms with Crippen LogP contribution in [0.15, 0.2) is 46.2 Å². The number of hydrogen-bond acceptors (Lipinski definition) is 4. The third-order valence-electron chi connectivity index (χ3n) is 4.60. The number of thiophene rings is 2. The fourth-order valence-corrected chi connectivity index (χ4v) is 4.88. The van der Waals surface area contributed by atoms with Gasteiger partial charge in [0.05, 0.1) is 0 Å². The van der Waals surface area contributed by atoms with E-state index in [4.69, 9.17) is 0 Å². The molecule has 0 radical (unpaired) electrons. The van der Waals surface area contributed by atoms with Gasteiger partial charge in [0.25, 0.3) is 0 Å². The van der Waals surface area contributed by atoms with Gasteiger partial charge in [-0.15, -0.1) is 22.7 Å². The van der Waals surface area contributed by atoms with Gasteiger partial charge in [0.15, 0.2) is 11.6 Å². The van der Waals surface area contributed by atoms with Crippen molar-refractivity contribution >= 4 is 46.4 Å². The third-order valence-corrected chi connectivity index (χ3v) is 6.23. The second-order valence-electron chi connectivity index (χ2n) is 6.14. The number of rotatable bonds is 2. The lowest BCUT2D eigenvalue weighted by Gasteiger charge is -2.35. The minimum atomic E-state index is -0.0242. The first kappa shape index (κ1) is 14.8. The summed E-state index contributed by atoms with van der Waals surface area (Å²) in [5.41, 5.74) is 1.66. The van der Waals surface area contributed by atoms with Crippen LogP contribution in [0.1, 0.15) is 29.0 Å². The number of hydrogen-bond donors (Lipinski definition) is 0. The molecule has 23 heavy (non-hydrogen) atoms. The average Bonchev–Trinajstić information content (AvgIpc) is 3.22. The van der Waals surface area contributed by atoms with Gasteiger partial charge in [-0.1, -0.05) is 12.1 Å². The molecule has 116 valence electrons. The molecule has 0 aliphatic heterocycles. The van der Waals surface area contributed by atoms with Crippen molar-refractivity contribution in [1.29, 1.82) is 0 Å². The maximum atomic E-state index is 12.7. The zero-order valence-electron chi connectivity index (χ0n) is 12.5. The number of carbonyl (C=O) groups excluding carboxylic acids is 2. The number of fused-ring (bicyclic) bond motifs is 2. The average molecular weight is 340 g/mol. The number of allylic oxidation sites excluding steroid dienone is 2. The maximum Gasteiger partial charge on any atom is 0.162 e. The van der Waals surface area contributed by atoms with Gasteiger partial charge in [-0.25, -0.2) is 0 Å². The van der Waals surface area contributed by atoms with Crippen molar-refractivity contribution < 1.29 is 9.59 Å². The Hall–Kier alpha value is -1.78. The molecule has 0 aromatic carbocycles. The van der Waals surface area contributed by atoms with Crippen molar-refractivity contribution in [2.45, 2.75) is 19.3 Å². The van der Waals surface area contributed by atoms with E-state index in [1.165, 1.54) is 0 Å². The topological polar surface area (TPSA) is 34.1 Å². The highest BCUT2D eigenvalue weighted by Gasteiger charge is 2.41. The summed E-state index contributed by atoms with van der Waals surface area (Å²) in [6.45, 7) is 0. The second kappa shape index (κ2) is 6.02. The van der Waals surface area contributed by atoms with Crippen molar-refractivity contribution in [3.8, 4) is 0 Å². The standard InChI is InChI=1S/C19H16O2S2/c20-18-13-7-12(8-14(18)10-16-3-1-5-22-16)19(21)15(9-13)11-17-4-2-6-23-17/h1-6,10-13H,7-9H2/b14-10+,15-11+. The summed E-state index contributed by atoms with van der Waals surface area (Å²) in [5, 5.41) is 4.01. The van der Waals surface area contributed by atoms with E-state index in [9.17, 15) is 9.59 Å². The highest BCUT2D eigenvalue weighted by Crippen LogP contribution is 2.42. The predicted octanol–water partition coefficient (Wildman–Crippen LogP) is 4.84. The number of ketones is 2. The van der Waals surface area contributed by atoms with Crippen LogP contribution < -0.4 is 0 Å². The zero-order chi connectivity index (χ0) is 15.8. The Morgan fingerprint density at radius 3 is 1.70 bits per heavy atom. The Morgan fingerprint density at radius 2 is 1.30 bits per heavy atom. The Labute approximate surface area is 143 Å². The molecule has 2 aromatic rings. The molecule has 2 fully saturated rings. The molecule has 2 aromatic heterocycles. The molecule has 0 amide bonds. The molecule has 0 N–H and O–H groups in total. The molecule has 0 spiro atoms. The van der Waals surface area contributed by atoms with Crippen LogP contribution in [0.3, 0.4) is 0 Å². The largest absolute Gasteiger partial charge is 0.294 e. The summed E-state index contributed by atoms with van der Waals surface area (Å²) >= 11 is 3.25. The zero-order valence-corrected chi connectivity index (χ0v) is 14.2. The Morgan fingerprint density at radius 1 is 0.826 bits per heavy atom. The Bertz CT molecular complexity index is 726. The van der Waals surface area contributed by atoms with Gasteiger partial charge in [-0.2, -0.15) is 0 Å². The maximum absolute atomic E-state index is 12.7. The first-order valence-corrected chi connectivity index (χ1v) is 9.53. The summed E-state index contributed by atoms with van der Waals surface area (Å²) in [7, 11) is 0. The molecule has 2 unspecified atom stereocenters. The lowest BCUT2D eigenvalue weighted by molar-refractivity contribution is -0.127. The van der Waals surface area contributed by atoms with Gasteiger partial charge in [0.2, 0.25) is 0 Å². The molecule has 2 aliphatic carbocycles. The highest BCUT2D eigenvalue weighted by molar-refractivity contribution is 7.11. The van der Waals surface area contributed by atoms with Crippen LogP contribution in [0.2, 0.25) is 0 Å². The summed E-state index contributed by atoms with van der Waals surface area (Å²) in [6, 6.07) is 8.00. The molecule has 0 saturated heterocycles. The quantitative estimate of drug-likeness (QED) is 0.733. The van der Waals surface area contributed by atoms with Gasteiger partial charge in [0, 0.05) is 21.6 Å². The molecular formula is C19H16O2S2. The van der Waals surface area contributed by atoms with Crippen LogP contribution in [0, 0.1) is 11.8 Å². The smallest absolute Gasteiger partial charge is 0.162 e. The van der Waals surface area contributed by atoms with Crippen LogP contribution in [-0.2, 0) is 9.59 Å². The van der Waals surface area contributed by atoms with Crippen LogP contribution in [-0.4, -0.2) is 11.6 Å². The molecule has 2 aliphatic rings. The van der Waals surface area contributed by atoms with Crippen molar-refractivity contribution in [1.82, 2.24) is 0 Å². The molecule has 4 rings (SSSR count). The van der Waals surface area contributed by atoms with Gasteiger partial charge >= 0.3 is 0 Å². The summed E-state index contributed by atoms with van der Waals surface area (Å²) in [5.74, 6) is 0.422. The minimum absolute atomic E-state index is 0.0242. The summed E-state index contributed by atoms with van der Waals surface area (Å²) in [6.07, 6.45) is 5.86. The van der Waals surface area contributed by atoms with Crippen molar-refractivity contribution in [2.24, 2.45) is 11.8 Å². The van der Waals surface area contributed by atoms with Gasteiger partial charge < -0.3 is 0 Å². The van der Waals surface area contributed by atoms with Crippen LogP contribution >= 0.6 is 22.7 Å². The number of Topliss-reactive ketones (excluding diaryl/α,β-unsaturated/α-hetero) is 2. The lowest BCUT2D eigenvalue weighted by Crippen LogP contribution is -2.37. The summed E-state index contributed by atoms with van der Waals surface area (Å²) < 4.78 is 0. The van der Waals surface area contributed by atoms with E-state index in [1.807, 2.05) is 47.2 Å². The Balaban J connectivity index is 1.63. The fraction of sp³-hybridized carbons (Fsp3) is 0.263. The molecule has 2 bridgehead atoms. The third kappa shape index (κ3) is 2.89. The first-order valence-electron chi connectivity index (χ1n) is 7.77. The van der Waals surface area contributed by atoms with Gasteiger partial charge in [-0.3, -0.25) is 9.59 Å². The van der Waals surface area contributed by atoms with Crippen molar-refractivity contribution in [3.05, 3.63) is 55.9 Å². The molecule has 2 atom stereocenters. The highest BCUT2D eigenvalue weighted by atomic mass is 32.1. The van der Waals surface area contributed by atoms with Crippen molar-refractivity contribution in [3.63, 3.8) is 0 Å². The first-order chi connectivity index (χ1) is 11.2. The molecular weight excluding hydrogens is 324 g/mol. The normalized spacial score (nSPS) is 27.8. The van der Waals surface area contributed by atoms with E-state index in [0.29, 0.717) is 12.8 Å². The minimum Gasteiger partial charge on any atom is -0.294 e. The van der Waals surface area contributed by atoms with E-state index in [1.54, 1.807) is 22.7 Å². The van der Waals surface area contributed by atoms with E-state index < -0.39 is 0 Å². The monoisotopic (exact) mass is 340 g/mol. The van der Waals surface area contributed by atoms with Crippen LogP contribution in [0.25, 0.3) is 12.2 Å². The molecule has 4 heteroatoms. The second-order valence-corrected chi connectivity index (χ2v) is 8.09. The SMILES string of the molecule is O=C1/C(=C/c2cccs2)CC2CC1C/C(=C\c1cccs1)C2=O. The molecule has 2 heterocycles. The lowest BCUT2D eigenvalue weighted by atomic mass is 9.67. The number of carbonyl (C=O) groups is 2. The molecule has 2 nitrogen and oxygen atoms in total. The van der Waals surface area contributed by atoms with Crippen LogP contribution in [0.4, 0.5) is 0 Å². The van der Waals surface area contributed by atoms with E-state index in [2.05, 4.69) is 0 Å². The van der Waals surface area contributed by atoms with E-state index >= 15 is 0 Å². The van der Waals surface area contributed by atoms with E-state index in [-0.39, 0.29) is 23.4 Å². The van der Waals surface area contributed by atoms with Gasteiger partial charge in [-0.05, 0) is 65.5 Å². The van der Waals surface area contributed by atoms with E-state index in [0.717, 1.165) is 27.3 Å².